The maximum atomic E-state index is 12.0. The van der Waals surface area contributed by atoms with Crippen molar-refractivity contribution in [2.45, 2.75) is 13.0 Å². The first-order chi connectivity index (χ1) is 11.1. The van der Waals surface area contributed by atoms with Crippen LogP contribution < -0.4 is 10.5 Å². The molecule has 3 rings (SSSR count). The van der Waals surface area contributed by atoms with E-state index >= 15 is 0 Å². The number of hydrogen-bond acceptors (Lipinski definition) is 3. The number of hydrogen-bond donors (Lipinski definition) is 1. The predicted octanol–water partition coefficient (Wildman–Crippen LogP) is 4.02. The highest BCUT2D eigenvalue weighted by molar-refractivity contribution is 7.02. The van der Waals surface area contributed by atoms with Crippen molar-refractivity contribution in [2.75, 3.05) is 0 Å². The number of aryl methyl sites for hydroxylation is 1. The van der Waals surface area contributed by atoms with E-state index in [0.717, 1.165) is 6.42 Å². The molecule has 0 spiro atoms. The average Bonchev–Trinajstić information content (AvgIpc) is 2.90. The molecule has 1 N–H and O–H groups in total. The lowest BCUT2D eigenvalue weighted by atomic mass is 10.1. The summed E-state index contributed by atoms with van der Waals surface area (Å²) < 4.78 is 4.34. The number of benzene rings is 2. The normalized spacial score (nSPS) is 11.8. The summed E-state index contributed by atoms with van der Waals surface area (Å²) in [5, 5.41) is 0.913. The summed E-state index contributed by atoms with van der Waals surface area (Å²) in [6.45, 7) is 0.559. The highest BCUT2D eigenvalue weighted by Crippen LogP contribution is 2.26. The maximum absolute atomic E-state index is 12.0. The Balaban J connectivity index is 1.90. The van der Waals surface area contributed by atoms with E-state index in [2.05, 4.69) is 9.37 Å². The lowest BCUT2D eigenvalue weighted by Gasteiger charge is -2.02. The highest BCUT2D eigenvalue weighted by atomic mass is 35.5. The molecule has 0 atom stereocenters. The third-order valence-electron chi connectivity index (χ3n) is 3.30. The van der Waals surface area contributed by atoms with Gasteiger partial charge in [0.15, 0.2) is 0 Å². The molecule has 1 heterocycles. The van der Waals surface area contributed by atoms with Gasteiger partial charge in [0.1, 0.15) is 0 Å². The molecule has 0 saturated heterocycles. The molecule has 7 heteroatoms. The minimum absolute atomic E-state index is 0.162. The van der Waals surface area contributed by atoms with Crippen LogP contribution in [0.2, 0.25) is 10.0 Å². The molecule has 118 valence electrons. The lowest BCUT2D eigenvalue weighted by Crippen LogP contribution is -2.27. The monoisotopic (exact) mass is 365 g/mol. The van der Waals surface area contributed by atoms with Crippen molar-refractivity contribution in [3.8, 4) is 0 Å². The molecule has 23 heavy (non-hydrogen) atoms. The van der Waals surface area contributed by atoms with E-state index in [1.165, 1.54) is 17.1 Å². The molecule has 0 aliphatic rings. The summed E-state index contributed by atoms with van der Waals surface area (Å²) in [7, 11) is 0. The van der Waals surface area contributed by atoms with E-state index in [0.29, 0.717) is 27.1 Å². The van der Waals surface area contributed by atoms with Crippen LogP contribution in [0.1, 0.15) is 5.56 Å². The first kappa shape index (κ1) is 16.1. The van der Waals surface area contributed by atoms with Gasteiger partial charge in [-0.05, 0) is 41.7 Å². The van der Waals surface area contributed by atoms with Crippen molar-refractivity contribution in [1.29, 1.82) is 0 Å². The van der Waals surface area contributed by atoms with E-state index in [1.54, 1.807) is 22.8 Å². The molecule has 1 aromatic heterocycles. The van der Waals surface area contributed by atoms with Gasteiger partial charge < -0.3 is 0 Å². The number of nitrogens with one attached hydrogen (secondary N) is 1. The number of H-pyrrole nitrogens is 1. The zero-order valence-corrected chi connectivity index (χ0v) is 14.3. The third-order valence-corrected chi connectivity index (χ3v) is 4.81. The Kier molecular flexibility index (Phi) is 5.00. The van der Waals surface area contributed by atoms with Gasteiger partial charge in [0, 0.05) is 6.54 Å². The molecule has 0 radical (unpaired) electrons. The Labute approximate surface area is 146 Å². The quantitative estimate of drug-likeness (QED) is 0.745. The standard InChI is InChI=1S/C16H13Cl2N3OS/c17-13-7-6-12(10-14(13)18)19-16-21(15(22)20-23-16)9-8-11-4-2-1-3-5-11/h1-7,10H,8-9H2,(H,20,22)/b19-16+. The number of halogens is 2. The summed E-state index contributed by atoms with van der Waals surface area (Å²) in [6, 6.07) is 15.1. The van der Waals surface area contributed by atoms with Crippen molar-refractivity contribution in [2.24, 2.45) is 4.99 Å². The topological polar surface area (TPSA) is 50.1 Å². The van der Waals surface area contributed by atoms with Crippen LogP contribution in [0.5, 0.6) is 0 Å². The molecular weight excluding hydrogens is 353 g/mol. The lowest BCUT2D eigenvalue weighted by molar-refractivity contribution is 0.647. The van der Waals surface area contributed by atoms with Gasteiger partial charge in [-0.1, -0.05) is 53.5 Å². The Bertz CT molecular complexity index is 928. The molecule has 4 nitrogen and oxygen atoms in total. The minimum atomic E-state index is -0.162. The predicted molar refractivity (Wildman–Crippen MR) is 94.8 cm³/mol. The molecule has 0 aliphatic carbocycles. The third kappa shape index (κ3) is 3.93. The van der Waals surface area contributed by atoms with Crippen molar-refractivity contribution in [3.63, 3.8) is 0 Å². The summed E-state index contributed by atoms with van der Waals surface area (Å²) in [5.74, 6) is 0. The van der Waals surface area contributed by atoms with Crippen molar-refractivity contribution in [3.05, 3.63) is 79.4 Å². The molecule has 2 aromatic carbocycles. The number of aromatic amines is 1. The van der Waals surface area contributed by atoms with Crippen molar-refractivity contribution in [1.82, 2.24) is 8.94 Å². The maximum Gasteiger partial charge on any atom is 0.337 e. The first-order valence-electron chi connectivity index (χ1n) is 6.95. The number of nitrogens with zero attached hydrogens (tertiary/aromatic N) is 2. The van der Waals surface area contributed by atoms with Crippen LogP contribution in [-0.2, 0) is 13.0 Å². The van der Waals surface area contributed by atoms with Gasteiger partial charge in [0.05, 0.1) is 15.7 Å². The van der Waals surface area contributed by atoms with Crippen LogP contribution in [0.25, 0.3) is 0 Å². The Morgan fingerprint density at radius 3 is 2.61 bits per heavy atom. The van der Waals surface area contributed by atoms with E-state index in [-0.39, 0.29) is 5.69 Å². The second kappa shape index (κ2) is 7.17. The van der Waals surface area contributed by atoms with Gasteiger partial charge >= 0.3 is 5.69 Å². The fourth-order valence-electron chi connectivity index (χ4n) is 2.12. The largest absolute Gasteiger partial charge is 0.337 e. The van der Waals surface area contributed by atoms with E-state index in [4.69, 9.17) is 23.2 Å². The van der Waals surface area contributed by atoms with Gasteiger partial charge in [0.2, 0.25) is 4.80 Å². The summed E-state index contributed by atoms with van der Waals surface area (Å²) in [5.41, 5.74) is 1.67. The van der Waals surface area contributed by atoms with Crippen LogP contribution in [0.15, 0.2) is 58.3 Å². The van der Waals surface area contributed by atoms with E-state index in [9.17, 15) is 4.79 Å². The van der Waals surface area contributed by atoms with Gasteiger partial charge in [-0.2, -0.15) is 0 Å². The smallest absolute Gasteiger partial charge is 0.267 e. The average molecular weight is 366 g/mol. The SMILES string of the molecule is O=c1[nH]s/c(=N/c2ccc(Cl)c(Cl)c2)n1CCc1ccccc1. The van der Waals surface area contributed by atoms with Crippen LogP contribution in [-0.4, -0.2) is 8.94 Å². The van der Waals surface area contributed by atoms with Gasteiger partial charge in [-0.15, -0.1) is 0 Å². The highest BCUT2D eigenvalue weighted by Gasteiger charge is 2.04. The Hall–Kier alpha value is -1.82. The zero-order valence-electron chi connectivity index (χ0n) is 12.0. The minimum Gasteiger partial charge on any atom is -0.267 e. The molecule has 0 saturated carbocycles. The molecule has 0 fully saturated rings. The van der Waals surface area contributed by atoms with Crippen LogP contribution in [0.3, 0.4) is 0 Å². The van der Waals surface area contributed by atoms with Crippen LogP contribution in [0, 0.1) is 0 Å². The molecule has 3 aromatic rings. The number of rotatable bonds is 4. The second-order valence-electron chi connectivity index (χ2n) is 4.89. The fraction of sp³-hybridized carbons (Fsp3) is 0.125. The molecule has 0 unspecified atom stereocenters. The summed E-state index contributed by atoms with van der Waals surface area (Å²) in [4.78, 5) is 17.1. The van der Waals surface area contributed by atoms with Gasteiger partial charge in [0.25, 0.3) is 0 Å². The molecule has 0 amide bonds. The van der Waals surface area contributed by atoms with Crippen molar-refractivity contribution < 1.29 is 0 Å². The zero-order chi connectivity index (χ0) is 16.2. The molecule has 0 bridgehead atoms. The molecule has 0 aliphatic heterocycles. The van der Waals surface area contributed by atoms with Crippen molar-refractivity contribution >= 4 is 40.4 Å². The van der Waals surface area contributed by atoms with Crippen LogP contribution >= 0.6 is 34.7 Å². The summed E-state index contributed by atoms with van der Waals surface area (Å²) in [6.07, 6.45) is 0.759. The molecular formula is C16H13Cl2N3OS. The first-order valence-corrected chi connectivity index (χ1v) is 8.53. The van der Waals surface area contributed by atoms with Crippen LogP contribution in [0.4, 0.5) is 5.69 Å². The van der Waals surface area contributed by atoms with E-state index in [1.807, 2.05) is 30.3 Å². The fourth-order valence-corrected chi connectivity index (χ4v) is 3.13. The Morgan fingerprint density at radius 1 is 1.09 bits per heavy atom. The van der Waals surface area contributed by atoms with Gasteiger partial charge in [-0.25, -0.2) is 9.79 Å². The number of aromatic nitrogens is 2. The second-order valence-corrected chi connectivity index (χ2v) is 6.48. The van der Waals surface area contributed by atoms with Gasteiger partial charge in [-0.3, -0.25) is 8.94 Å². The summed E-state index contributed by atoms with van der Waals surface area (Å²) >= 11 is 13.1. The Morgan fingerprint density at radius 2 is 1.87 bits per heavy atom. The van der Waals surface area contributed by atoms with E-state index < -0.39 is 0 Å².